The van der Waals surface area contributed by atoms with Crippen molar-refractivity contribution in [2.24, 2.45) is 5.92 Å². The number of halogens is 1. The summed E-state index contributed by atoms with van der Waals surface area (Å²) in [4.78, 5) is 0. The monoisotopic (exact) mass is 255 g/mol. The number of alkyl halides is 1. The molecule has 1 fully saturated rings. The predicted molar refractivity (Wildman–Crippen MR) is 52.9 cm³/mol. The topological polar surface area (TPSA) is 46.2 Å². The Morgan fingerprint density at radius 3 is 2.58 bits per heavy atom. The first-order chi connectivity index (χ1) is 5.53. The van der Waals surface area contributed by atoms with Gasteiger partial charge in [-0.2, -0.15) is 0 Å². The van der Waals surface area contributed by atoms with Gasteiger partial charge in [-0.05, 0) is 25.7 Å². The lowest BCUT2D eigenvalue weighted by molar-refractivity contribution is 0.567. The van der Waals surface area contributed by atoms with Gasteiger partial charge >= 0.3 is 0 Å². The van der Waals surface area contributed by atoms with E-state index in [9.17, 15) is 8.42 Å². The smallest absolute Gasteiger partial charge is 0.212 e. The van der Waals surface area contributed by atoms with Gasteiger partial charge in [-0.15, -0.1) is 0 Å². The van der Waals surface area contributed by atoms with Crippen molar-refractivity contribution in [3.63, 3.8) is 0 Å². The molecule has 0 amide bonds. The molecule has 1 aliphatic carbocycles. The van der Waals surface area contributed by atoms with Crippen LogP contribution in [-0.4, -0.2) is 25.5 Å². The lowest BCUT2D eigenvalue weighted by Gasteiger charge is -2.10. The highest BCUT2D eigenvalue weighted by atomic mass is 79.9. The van der Waals surface area contributed by atoms with Crippen LogP contribution in [0.2, 0.25) is 0 Å². The number of hydrogen-bond donors (Lipinski definition) is 1. The van der Waals surface area contributed by atoms with E-state index in [1.165, 1.54) is 0 Å². The Balaban J connectivity index is 2.36. The van der Waals surface area contributed by atoms with Crippen LogP contribution < -0.4 is 4.72 Å². The van der Waals surface area contributed by atoms with Crippen LogP contribution in [-0.2, 0) is 10.0 Å². The Morgan fingerprint density at radius 2 is 2.17 bits per heavy atom. The van der Waals surface area contributed by atoms with Crippen LogP contribution in [0.4, 0.5) is 0 Å². The number of rotatable bonds is 5. The van der Waals surface area contributed by atoms with Crippen molar-refractivity contribution in [3.05, 3.63) is 0 Å². The zero-order valence-electron chi connectivity index (χ0n) is 7.09. The van der Waals surface area contributed by atoms with Gasteiger partial charge in [0, 0.05) is 11.4 Å². The third-order valence-electron chi connectivity index (χ3n) is 1.76. The maximum absolute atomic E-state index is 11.3. The second kappa shape index (κ2) is 4.07. The molecule has 1 N–H and O–H groups in total. The number of hydrogen-bond acceptors (Lipinski definition) is 2. The quantitative estimate of drug-likeness (QED) is 0.749. The van der Waals surface area contributed by atoms with Crippen LogP contribution in [0.5, 0.6) is 0 Å². The Kier molecular flexibility index (Phi) is 3.55. The minimum atomic E-state index is -3.01. The second-order valence-electron chi connectivity index (χ2n) is 3.40. The zero-order chi connectivity index (χ0) is 9.19. The third-order valence-corrected chi connectivity index (χ3v) is 4.41. The fourth-order valence-electron chi connectivity index (χ4n) is 0.981. The van der Waals surface area contributed by atoms with Crippen molar-refractivity contribution in [1.29, 1.82) is 0 Å². The summed E-state index contributed by atoms with van der Waals surface area (Å²) in [6.45, 7) is 1.85. The molecule has 0 saturated heterocycles. The number of sulfonamides is 1. The summed E-state index contributed by atoms with van der Waals surface area (Å²) in [5.74, 6) is 0.731. The van der Waals surface area contributed by atoms with Crippen molar-refractivity contribution in [2.75, 3.05) is 11.1 Å². The molecule has 12 heavy (non-hydrogen) atoms. The minimum absolute atomic E-state index is 0.00579. The summed E-state index contributed by atoms with van der Waals surface area (Å²) in [6.07, 6.45) is 2.15. The Hall–Kier alpha value is 0.390. The second-order valence-corrected chi connectivity index (χ2v) is 5.84. The van der Waals surface area contributed by atoms with Crippen molar-refractivity contribution in [1.82, 2.24) is 4.72 Å². The molecule has 0 heterocycles. The molecule has 1 saturated carbocycles. The van der Waals surface area contributed by atoms with Crippen LogP contribution in [0.1, 0.15) is 19.8 Å². The van der Waals surface area contributed by atoms with Gasteiger partial charge in [0.25, 0.3) is 0 Å². The molecule has 5 heteroatoms. The first kappa shape index (κ1) is 10.5. The van der Waals surface area contributed by atoms with E-state index in [4.69, 9.17) is 0 Å². The molecule has 72 valence electrons. The lowest BCUT2D eigenvalue weighted by atomic mass is 10.4. The van der Waals surface area contributed by atoms with Crippen molar-refractivity contribution in [3.8, 4) is 0 Å². The third kappa shape index (κ3) is 3.87. The Morgan fingerprint density at radius 1 is 1.58 bits per heavy atom. The molecule has 0 aliphatic heterocycles. The molecule has 3 nitrogen and oxygen atoms in total. The standard InChI is InChI=1S/C7H14BrNO2S/c1-6(4-8)9-12(10,11)5-7-2-3-7/h6-7,9H,2-5H2,1H3. The highest BCUT2D eigenvalue weighted by Gasteiger charge is 2.28. The van der Waals surface area contributed by atoms with E-state index in [-0.39, 0.29) is 6.04 Å². The van der Waals surface area contributed by atoms with Crippen LogP contribution in [0.3, 0.4) is 0 Å². The average Bonchev–Trinajstić information content (AvgIpc) is 2.69. The van der Waals surface area contributed by atoms with E-state index in [1.54, 1.807) is 0 Å². The van der Waals surface area contributed by atoms with E-state index in [0.717, 1.165) is 12.8 Å². The molecule has 1 rings (SSSR count). The largest absolute Gasteiger partial charge is 0.212 e. The maximum Gasteiger partial charge on any atom is 0.212 e. The Labute approximate surface area is 82.1 Å². The molecule has 1 aliphatic rings. The normalized spacial score (nSPS) is 20.8. The van der Waals surface area contributed by atoms with Gasteiger partial charge < -0.3 is 0 Å². The highest BCUT2D eigenvalue weighted by Crippen LogP contribution is 2.29. The Bertz CT molecular complexity index is 236. The van der Waals surface area contributed by atoms with E-state index < -0.39 is 10.0 Å². The highest BCUT2D eigenvalue weighted by molar-refractivity contribution is 9.09. The fraction of sp³-hybridized carbons (Fsp3) is 1.00. The molecule has 0 spiro atoms. The number of nitrogens with one attached hydrogen (secondary N) is 1. The molecule has 0 aromatic carbocycles. The molecular weight excluding hydrogens is 242 g/mol. The van der Waals surface area contributed by atoms with Crippen LogP contribution in [0.25, 0.3) is 0 Å². The van der Waals surface area contributed by atoms with Crippen LogP contribution in [0.15, 0.2) is 0 Å². The van der Waals surface area contributed by atoms with Crippen molar-refractivity contribution in [2.45, 2.75) is 25.8 Å². The molecule has 0 aromatic rings. The van der Waals surface area contributed by atoms with Crippen molar-refractivity contribution < 1.29 is 8.42 Å². The van der Waals surface area contributed by atoms with Gasteiger partial charge in [0.15, 0.2) is 0 Å². The summed E-state index contributed by atoms with van der Waals surface area (Å²) in [7, 11) is -3.01. The predicted octanol–water partition coefficient (Wildman–Crippen LogP) is 1.10. The molecule has 0 bridgehead atoms. The van der Waals surface area contributed by atoms with Crippen molar-refractivity contribution >= 4 is 26.0 Å². The molecular formula is C7H14BrNO2S. The van der Waals surface area contributed by atoms with Crippen LogP contribution >= 0.6 is 15.9 Å². The first-order valence-corrected chi connectivity index (χ1v) is 6.87. The van der Waals surface area contributed by atoms with Gasteiger partial charge in [-0.3, -0.25) is 0 Å². The van der Waals surface area contributed by atoms with E-state index in [2.05, 4.69) is 20.7 Å². The van der Waals surface area contributed by atoms with E-state index in [1.807, 2.05) is 6.92 Å². The van der Waals surface area contributed by atoms with E-state index in [0.29, 0.717) is 17.0 Å². The van der Waals surface area contributed by atoms with E-state index >= 15 is 0 Å². The molecule has 0 radical (unpaired) electrons. The SMILES string of the molecule is CC(CBr)NS(=O)(=O)CC1CC1. The molecule has 1 atom stereocenters. The fourth-order valence-corrected chi connectivity index (χ4v) is 3.10. The summed E-state index contributed by atoms with van der Waals surface area (Å²) >= 11 is 3.22. The molecule has 1 unspecified atom stereocenters. The maximum atomic E-state index is 11.3. The summed E-state index contributed by atoms with van der Waals surface area (Å²) in [5.41, 5.74) is 0. The summed E-state index contributed by atoms with van der Waals surface area (Å²) < 4.78 is 25.2. The minimum Gasteiger partial charge on any atom is -0.212 e. The molecule has 0 aromatic heterocycles. The van der Waals surface area contributed by atoms with Gasteiger partial charge in [0.05, 0.1) is 5.75 Å². The zero-order valence-corrected chi connectivity index (χ0v) is 9.49. The lowest BCUT2D eigenvalue weighted by Crippen LogP contribution is -2.35. The van der Waals surface area contributed by atoms with Gasteiger partial charge in [-0.25, -0.2) is 13.1 Å². The summed E-state index contributed by atoms with van der Waals surface area (Å²) in [6, 6.07) is -0.00579. The first-order valence-electron chi connectivity index (χ1n) is 4.09. The van der Waals surface area contributed by atoms with Gasteiger partial charge in [0.2, 0.25) is 10.0 Å². The van der Waals surface area contributed by atoms with Gasteiger partial charge in [-0.1, -0.05) is 15.9 Å². The summed E-state index contributed by atoms with van der Waals surface area (Å²) in [5, 5.41) is 0.664. The average molecular weight is 256 g/mol. The van der Waals surface area contributed by atoms with Crippen LogP contribution in [0, 0.1) is 5.92 Å². The van der Waals surface area contributed by atoms with Gasteiger partial charge in [0.1, 0.15) is 0 Å².